The fourth-order valence-corrected chi connectivity index (χ4v) is 4.94. The molecule has 0 unspecified atom stereocenters. The van der Waals surface area contributed by atoms with E-state index in [0.717, 1.165) is 86.8 Å². The maximum Gasteiger partial charge on any atom is 0.317 e. The summed E-state index contributed by atoms with van der Waals surface area (Å²) in [5.41, 5.74) is 2.03. The van der Waals surface area contributed by atoms with Crippen molar-refractivity contribution in [2.24, 2.45) is 0 Å². The number of anilines is 2. The molecule has 2 saturated heterocycles. The van der Waals surface area contributed by atoms with Gasteiger partial charge >= 0.3 is 6.01 Å². The van der Waals surface area contributed by atoms with Gasteiger partial charge in [0.1, 0.15) is 11.9 Å². The highest BCUT2D eigenvalue weighted by Gasteiger charge is 2.18. The molecule has 180 valence electrons. The van der Waals surface area contributed by atoms with Crippen LogP contribution < -0.4 is 10.1 Å². The van der Waals surface area contributed by atoms with E-state index in [0.29, 0.717) is 6.01 Å². The summed E-state index contributed by atoms with van der Waals surface area (Å²) in [4.78, 5) is 23.9. The maximum atomic E-state index is 5.95. The van der Waals surface area contributed by atoms with Gasteiger partial charge in [-0.25, -0.2) is 15.0 Å². The van der Waals surface area contributed by atoms with Crippen molar-refractivity contribution in [3.05, 3.63) is 42.4 Å². The van der Waals surface area contributed by atoms with E-state index in [4.69, 9.17) is 9.47 Å². The smallest absolute Gasteiger partial charge is 0.317 e. The highest BCUT2D eigenvalue weighted by atomic mass is 32.1. The van der Waals surface area contributed by atoms with Gasteiger partial charge in [0.15, 0.2) is 5.13 Å². The number of hydrogen-bond acceptors (Lipinski definition) is 10. The quantitative estimate of drug-likeness (QED) is 0.520. The molecule has 0 amide bonds. The number of nitrogens with zero attached hydrogens (tertiary/aromatic N) is 6. The van der Waals surface area contributed by atoms with E-state index in [9.17, 15) is 0 Å². The van der Waals surface area contributed by atoms with E-state index < -0.39 is 0 Å². The van der Waals surface area contributed by atoms with Crippen LogP contribution in [0, 0.1) is 0 Å². The summed E-state index contributed by atoms with van der Waals surface area (Å²) in [6.07, 6.45) is 7.34. The molecule has 1 N–H and O–H groups in total. The Morgan fingerprint density at radius 1 is 1.03 bits per heavy atom. The molecule has 0 bridgehead atoms. The number of pyridine rings is 1. The van der Waals surface area contributed by atoms with Crippen LogP contribution in [0.15, 0.2) is 36.8 Å². The predicted octanol–water partition coefficient (Wildman–Crippen LogP) is 3.43. The van der Waals surface area contributed by atoms with Crippen molar-refractivity contribution in [2.75, 3.05) is 51.3 Å². The van der Waals surface area contributed by atoms with Gasteiger partial charge in [0, 0.05) is 64.2 Å². The number of piperazine rings is 1. The van der Waals surface area contributed by atoms with Gasteiger partial charge < -0.3 is 19.7 Å². The maximum absolute atomic E-state index is 5.95. The third-order valence-corrected chi connectivity index (χ3v) is 7.15. The van der Waals surface area contributed by atoms with Gasteiger partial charge in [0.05, 0.1) is 23.8 Å². The van der Waals surface area contributed by atoms with Gasteiger partial charge in [0.2, 0.25) is 0 Å². The Balaban J connectivity index is 1.16. The first kappa shape index (κ1) is 23.1. The molecule has 3 aromatic heterocycles. The second-order valence-corrected chi connectivity index (χ2v) is 9.60. The van der Waals surface area contributed by atoms with Gasteiger partial charge in [-0.1, -0.05) is 24.3 Å². The van der Waals surface area contributed by atoms with Crippen LogP contribution in [0.2, 0.25) is 0 Å². The lowest BCUT2D eigenvalue weighted by atomic mass is 10.2. The number of rotatable bonds is 8. The van der Waals surface area contributed by atoms with Gasteiger partial charge in [-0.05, 0) is 24.2 Å². The Kier molecular flexibility index (Phi) is 7.59. The van der Waals surface area contributed by atoms with Crippen LogP contribution >= 0.6 is 11.3 Å². The van der Waals surface area contributed by atoms with Crippen LogP contribution in [0.25, 0.3) is 10.6 Å². The fourth-order valence-electron chi connectivity index (χ4n) is 4.15. The summed E-state index contributed by atoms with van der Waals surface area (Å²) in [6.45, 7) is 10.3. The first-order valence-corrected chi connectivity index (χ1v) is 12.8. The first-order valence-electron chi connectivity index (χ1n) is 12.0. The molecule has 2 aliphatic rings. The minimum Gasteiger partial charge on any atom is -0.460 e. The number of nitrogens with one attached hydrogen (secondary N) is 1. The molecule has 5 rings (SSSR count). The molecule has 10 heteroatoms. The molecule has 0 aromatic carbocycles. The second-order valence-electron chi connectivity index (χ2n) is 8.57. The lowest BCUT2D eigenvalue weighted by Crippen LogP contribution is -2.45. The van der Waals surface area contributed by atoms with Crippen molar-refractivity contribution in [1.29, 1.82) is 0 Å². The van der Waals surface area contributed by atoms with Crippen molar-refractivity contribution < 1.29 is 9.47 Å². The summed E-state index contributed by atoms with van der Waals surface area (Å²) < 4.78 is 11.3. The Morgan fingerprint density at radius 3 is 2.62 bits per heavy atom. The van der Waals surface area contributed by atoms with Crippen molar-refractivity contribution in [2.45, 2.75) is 32.4 Å². The molecule has 0 radical (unpaired) electrons. The zero-order valence-electron chi connectivity index (χ0n) is 19.5. The number of aromatic nitrogens is 4. The third-order valence-electron chi connectivity index (χ3n) is 6.21. The van der Waals surface area contributed by atoms with Crippen LogP contribution in [0.3, 0.4) is 0 Å². The summed E-state index contributed by atoms with van der Waals surface area (Å²) in [5.74, 6) is 0.784. The number of thiazole rings is 1. The Bertz CT molecular complexity index is 1050. The molecule has 3 aromatic rings. The summed E-state index contributed by atoms with van der Waals surface area (Å²) >= 11 is 1.53. The van der Waals surface area contributed by atoms with Gasteiger partial charge in [-0.15, -0.1) is 0 Å². The van der Waals surface area contributed by atoms with Crippen LogP contribution in [0.1, 0.15) is 25.3 Å². The Morgan fingerprint density at radius 2 is 1.85 bits per heavy atom. The normalized spacial score (nSPS) is 18.1. The van der Waals surface area contributed by atoms with Crippen LogP contribution in [0.4, 0.5) is 10.9 Å². The molecule has 5 heterocycles. The van der Waals surface area contributed by atoms with E-state index in [-0.39, 0.29) is 6.10 Å². The second kappa shape index (κ2) is 11.2. The van der Waals surface area contributed by atoms with E-state index in [2.05, 4.69) is 48.0 Å². The van der Waals surface area contributed by atoms with E-state index in [1.807, 2.05) is 24.5 Å². The summed E-state index contributed by atoms with van der Waals surface area (Å²) in [5, 5.41) is 4.08. The fraction of sp³-hybridized carbons (Fsp3) is 0.500. The molecular formula is C24H31N7O2S. The van der Waals surface area contributed by atoms with Gasteiger partial charge in [-0.3, -0.25) is 4.90 Å². The lowest BCUT2D eigenvalue weighted by Gasteiger charge is -2.33. The standard InChI is InChI=1S/C24H31N7O2S/c1-2-30-9-11-31(12-10-30)17-18-3-4-22(26-15-18)29-24-27-16-21(34-24)20-5-8-25-23(28-20)33-19-6-13-32-14-7-19/h3-5,8,15-16,19H,2,6-7,9-14,17H2,1H3,(H,26,27,29). The third kappa shape index (κ3) is 6.06. The minimum atomic E-state index is 0.109. The lowest BCUT2D eigenvalue weighted by molar-refractivity contribution is 0.0217. The Hall–Kier alpha value is -2.66. The van der Waals surface area contributed by atoms with Crippen molar-refractivity contribution in [3.63, 3.8) is 0 Å². The first-order chi connectivity index (χ1) is 16.7. The molecule has 0 aliphatic carbocycles. The minimum absolute atomic E-state index is 0.109. The van der Waals surface area contributed by atoms with Crippen LogP contribution in [-0.4, -0.2) is 81.8 Å². The highest BCUT2D eigenvalue weighted by molar-refractivity contribution is 7.18. The van der Waals surface area contributed by atoms with E-state index in [1.165, 1.54) is 16.9 Å². The van der Waals surface area contributed by atoms with Crippen molar-refractivity contribution in [1.82, 2.24) is 29.7 Å². The topological polar surface area (TPSA) is 88.5 Å². The molecule has 34 heavy (non-hydrogen) atoms. The number of hydrogen-bond donors (Lipinski definition) is 1. The molecule has 9 nitrogen and oxygen atoms in total. The van der Waals surface area contributed by atoms with Crippen LogP contribution in [-0.2, 0) is 11.3 Å². The summed E-state index contributed by atoms with van der Waals surface area (Å²) in [6, 6.07) is 6.44. The molecule has 2 fully saturated rings. The number of ether oxygens (including phenoxy) is 2. The molecular weight excluding hydrogens is 450 g/mol. The average Bonchev–Trinajstić information content (AvgIpc) is 3.35. The molecule has 2 aliphatic heterocycles. The predicted molar refractivity (Wildman–Crippen MR) is 133 cm³/mol. The monoisotopic (exact) mass is 481 g/mol. The Labute approximate surface area is 204 Å². The SMILES string of the molecule is CCN1CCN(Cc2ccc(Nc3ncc(-c4ccnc(OC5CCOCC5)n4)s3)nc2)CC1. The number of likely N-dealkylation sites (N-methyl/N-ethyl adjacent to an activating group) is 1. The zero-order chi connectivity index (χ0) is 23.2. The van der Waals surface area contributed by atoms with E-state index >= 15 is 0 Å². The van der Waals surface area contributed by atoms with Crippen molar-refractivity contribution >= 4 is 22.3 Å². The largest absolute Gasteiger partial charge is 0.460 e. The highest BCUT2D eigenvalue weighted by Crippen LogP contribution is 2.30. The molecule has 0 spiro atoms. The van der Waals surface area contributed by atoms with Gasteiger partial charge in [-0.2, -0.15) is 4.98 Å². The van der Waals surface area contributed by atoms with E-state index in [1.54, 1.807) is 6.20 Å². The summed E-state index contributed by atoms with van der Waals surface area (Å²) in [7, 11) is 0. The van der Waals surface area contributed by atoms with Crippen molar-refractivity contribution in [3.8, 4) is 16.6 Å². The van der Waals surface area contributed by atoms with Crippen LogP contribution in [0.5, 0.6) is 6.01 Å². The average molecular weight is 482 g/mol. The van der Waals surface area contributed by atoms with Gasteiger partial charge in [0.25, 0.3) is 0 Å². The molecule has 0 saturated carbocycles. The zero-order valence-corrected chi connectivity index (χ0v) is 20.3. The molecule has 0 atom stereocenters.